The molecule has 0 atom stereocenters. The Kier molecular flexibility index (Phi) is 5.92. The molecule has 2 aromatic carbocycles. The van der Waals surface area contributed by atoms with Crippen molar-refractivity contribution in [1.29, 1.82) is 0 Å². The second-order valence-corrected chi connectivity index (χ2v) is 8.48. The minimum Gasteiger partial charge on any atom is -0.466 e. The van der Waals surface area contributed by atoms with E-state index in [2.05, 4.69) is 34.0 Å². The SMILES string of the molecule is CCOC(=O)CCn1c2c(c3cc(C)ccc31)CN(Sc1ccc(F)cc1)CC2. The molecule has 0 fully saturated rings. The second kappa shape index (κ2) is 8.59. The quantitative estimate of drug-likeness (QED) is 0.416. The fourth-order valence-corrected chi connectivity index (χ4v) is 4.89. The molecule has 29 heavy (non-hydrogen) atoms. The number of fused-ring (bicyclic) bond motifs is 3. The minimum atomic E-state index is -0.213. The maximum absolute atomic E-state index is 13.2. The lowest BCUT2D eigenvalue weighted by molar-refractivity contribution is -0.143. The summed E-state index contributed by atoms with van der Waals surface area (Å²) in [6, 6.07) is 13.2. The predicted molar refractivity (Wildman–Crippen MR) is 114 cm³/mol. The fourth-order valence-electron chi connectivity index (χ4n) is 3.95. The number of benzene rings is 2. The van der Waals surface area contributed by atoms with E-state index in [1.54, 1.807) is 11.9 Å². The summed E-state index contributed by atoms with van der Waals surface area (Å²) in [5, 5.41) is 1.26. The number of halogens is 1. The van der Waals surface area contributed by atoms with Gasteiger partial charge in [-0.25, -0.2) is 8.70 Å². The van der Waals surface area contributed by atoms with Crippen molar-refractivity contribution >= 4 is 28.8 Å². The standard InChI is InChI=1S/C23H25FN2O2S/c1-3-28-23(27)11-13-26-21-9-4-16(2)14-19(21)20-15-25(12-10-22(20)26)29-18-7-5-17(24)6-8-18/h4-9,14H,3,10-13,15H2,1-2H3. The molecule has 3 aromatic rings. The number of esters is 1. The summed E-state index contributed by atoms with van der Waals surface area (Å²) in [6.07, 6.45) is 1.30. The molecule has 0 unspecified atom stereocenters. The van der Waals surface area contributed by atoms with E-state index in [9.17, 15) is 9.18 Å². The van der Waals surface area contributed by atoms with Crippen LogP contribution < -0.4 is 0 Å². The molecule has 0 saturated heterocycles. The number of hydrogen-bond donors (Lipinski definition) is 0. The van der Waals surface area contributed by atoms with E-state index in [0.29, 0.717) is 19.6 Å². The first kappa shape index (κ1) is 20.0. The predicted octanol–water partition coefficient (Wildman–Crippen LogP) is 5.11. The highest BCUT2D eigenvalue weighted by molar-refractivity contribution is 7.97. The van der Waals surface area contributed by atoms with E-state index in [1.807, 2.05) is 19.1 Å². The Bertz CT molecular complexity index is 1030. The van der Waals surface area contributed by atoms with Crippen molar-refractivity contribution in [2.24, 2.45) is 0 Å². The van der Waals surface area contributed by atoms with Crippen molar-refractivity contribution in [3.05, 3.63) is 65.1 Å². The third-order valence-electron chi connectivity index (χ3n) is 5.27. The van der Waals surface area contributed by atoms with Crippen molar-refractivity contribution in [2.75, 3.05) is 13.2 Å². The lowest BCUT2D eigenvalue weighted by Crippen LogP contribution is -2.26. The van der Waals surface area contributed by atoms with Crippen LogP contribution in [0, 0.1) is 12.7 Å². The number of ether oxygens (including phenoxy) is 1. The van der Waals surface area contributed by atoms with Crippen LogP contribution in [0.2, 0.25) is 0 Å². The fraction of sp³-hybridized carbons (Fsp3) is 0.348. The van der Waals surface area contributed by atoms with Crippen molar-refractivity contribution < 1.29 is 13.9 Å². The summed E-state index contributed by atoms with van der Waals surface area (Å²) in [4.78, 5) is 12.9. The molecule has 2 heterocycles. The van der Waals surface area contributed by atoms with Gasteiger partial charge in [-0.1, -0.05) is 11.6 Å². The van der Waals surface area contributed by atoms with Crippen molar-refractivity contribution in [1.82, 2.24) is 8.87 Å². The highest BCUT2D eigenvalue weighted by Gasteiger charge is 2.25. The lowest BCUT2D eigenvalue weighted by atomic mass is 10.0. The summed E-state index contributed by atoms with van der Waals surface area (Å²) in [7, 11) is 0. The third-order valence-corrected chi connectivity index (χ3v) is 6.32. The summed E-state index contributed by atoms with van der Waals surface area (Å²) in [5.74, 6) is -0.366. The Balaban J connectivity index is 1.61. The summed E-state index contributed by atoms with van der Waals surface area (Å²) >= 11 is 1.67. The minimum absolute atomic E-state index is 0.153. The van der Waals surface area contributed by atoms with Crippen LogP contribution in [0.3, 0.4) is 0 Å². The second-order valence-electron chi connectivity index (χ2n) is 7.31. The molecular formula is C23H25FN2O2S. The molecule has 152 valence electrons. The van der Waals surface area contributed by atoms with Gasteiger partial charge in [0.2, 0.25) is 0 Å². The van der Waals surface area contributed by atoms with E-state index >= 15 is 0 Å². The first-order valence-corrected chi connectivity index (χ1v) is 10.8. The molecule has 1 aliphatic rings. The Morgan fingerprint density at radius 2 is 2.00 bits per heavy atom. The van der Waals surface area contributed by atoms with E-state index in [-0.39, 0.29) is 11.8 Å². The number of carbonyl (C=O) groups is 1. The van der Waals surface area contributed by atoms with Gasteiger partial charge in [0.1, 0.15) is 5.82 Å². The maximum atomic E-state index is 13.2. The van der Waals surface area contributed by atoms with Crippen LogP contribution in [0.5, 0.6) is 0 Å². The molecule has 0 N–H and O–H groups in total. The van der Waals surface area contributed by atoms with E-state index in [0.717, 1.165) is 24.4 Å². The van der Waals surface area contributed by atoms with Gasteiger partial charge in [0.05, 0.1) is 13.0 Å². The highest BCUT2D eigenvalue weighted by Crippen LogP contribution is 2.35. The first-order chi connectivity index (χ1) is 14.0. The van der Waals surface area contributed by atoms with Crippen LogP contribution in [0.15, 0.2) is 47.4 Å². The molecule has 4 nitrogen and oxygen atoms in total. The molecule has 0 saturated carbocycles. The molecular weight excluding hydrogens is 387 g/mol. The zero-order chi connectivity index (χ0) is 20.4. The highest BCUT2D eigenvalue weighted by atomic mass is 32.2. The van der Waals surface area contributed by atoms with E-state index in [4.69, 9.17) is 4.74 Å². The van der Waals surface area contributed by atoms with Crippen LogP contribution in [0.25, 0.3) is 10.9 Å². The molecule has 4 rings (SSSR count). The third kappa shape index (κ3) is 4.33. The van der Waals surface area contributed by atoms with E-state index < -0.39 is 0 Å². The monoisotopic (exact) mass is 412 g/mol. The van der Waals surface area contributed by atoms with Crippen LogP contribution in [-0.2, 0) is 29.0 Å². The molecule has 0 bridgehead atoms. The van der Waals surface area contributed by atoms with Crippen molar-refractivity contribution in [3.8, 4) is 0 Å². The van der Waals surface area contributed by atoms with Crippen LogP contribution in [0.1, 0.15) is 30.2 Å². The Labute approximate surface area is 174 Å². The van der Waals surface area contributed by atoms with Crippen molar-refractivity contribution in [2.45, 2.75) is 44.7 Å². The largest absolute Gasteiger partial charge is 0.466 e. The van der Waals surface area contributed by atoms with Gasteiger partial charge in [-0.05, 0) is 67.8 Å². The number of hydrogen-bond acceptors (Lipinski definition) is 4. The lowest BCUT2D eigenvalue weighted by Gasteiger charge is -2.27. The molecule has 0 spiro atoms. The van der Waals surface area contributed by atoms with E-state index in [1.165, 1.54) is 39.9 Å². The Morgan fingerprint density at radius 3 is 2.76 bits per heavy atom. The Morgan fingerprint density at radius 1 is 1.21 bits per heavy atom. The van der Waals surface area contributed by atoms with Gasteiger partial charge in [-0.15, -0.1) is 0 Å². The number of rotatable bonds is 6. The zero-order valence-corrected chi connectivity index (χ0v) is 17.6. The Hall–Kier alpha value is -2.31. The summed E-state index contributed by atoms with van der Waals surface area (Å²) < 4.78 is 22.9. The van der Waals surface area contributed by atoms with Crippen LogP contribution in [0.4, 0.5) is 4.39 Å². The smallest absolute Gasteiger partial charge is 0.307 e. The van der Waals surface area contributed by atoms with Crippen LogP contribution >= 0.6 is 11.9 Å². The zero-order valence-electron chi connectivity index (χ0n) is 16.8. The molecule has 6 heteroatoms. The van der Waals surface area contributed by atoms with Gasteiger partial charge < -0.3 is 9.30 Å². The summed E-state index contributed by atoms with van der Waals surface area (Å²) in [5.41, 5.74) is 5.05. The molecule has 0 radical (unpaired) electrons. The number of aromatic nitrogens is 1. The average Bonchev–Trinajstić information content (AvgIpc) is 3.01. The van der Waals surface area contributed by atoms with Gasteiger partial charge in [-0.3, -0.25) is 4.79 Å². The number of aryl methyl sites for hydroxylation is 2. The normalized spacial score (nSPS) is 14.2. The summed E-state index contributed by atoms with van der Waals surface area (Å²) in [6.45, 7) is 6.72. The van der Waals surface area contributed by atoms with Gasteiger partial charge in [-0.2, -0.15) is 0 Å². The topological polar surface area (TPSA) is 34.5 Å². The maximum Gasteiger partial charge on any atom is 0.307 e. The molecule has 0 aliphatic carbocycles. The average molecular weight is 413 g/mol. The van der Waals surface area contributed by atoms with Crippen molar-refractivity contribution in [3.63, 3.8) is 0 Å². The number of carbonyl (C=O) groups excluding carboxylic acids is 1. The van der Waals surface area contributed by atoms with Gasteiger partial charge in [0.25, 0.3) is 0 Å². The van der Waals surface area contributed by atoms with Gasteiger partial charge >= 0.3 is 5.97 Å². The van der Waals surface area contributed by atoms with Gasteiger partial charge in [0.15, 0.2) is 0 Å². The molecule has 0 amide bonds. The molecule has 1 aliphatic heterocycles. The first-order valence-electron chi connectivity index (χ1n) is 10.00. The van der Waals surface area contributed by atoms with Crippen LogP contribution in [-0.4, -0.2) is 28.0 Å². The molecule has 1 aromatic heterocycles. The number of nitrogens with zero attached hydrogens (tertiary/aromatic N) is 2. The van der Waals surface area contributed by atoms with Gasteiger partial charge in [0, 0.05) is 47.5 Å².